The Morgan fingerprint density at radius 3 is 3.31 bits per heavy atom. The molecule has 70 valence electrons. The molecule has 13 heavy (non-hydrogen) atoms. The van der Waals surface area contributed by atoms with E-state index in [0.717, 1.165) is 31.9 Å². The molecule has 4 heteroatoms. The molecular weight excluding hydrogens is 164 g/mol. The molecular formula is C9H14N4. The van der Waals surface area contributed by atoms with Crippen LogP contribution in [-0.4, -0.2) is 9.55 Å². The molecule has 1 aromatic rings. The summed E-state index contributed by atoms with van der Waals surface area (Å²) in [6.07, 6.45) is 2.28. The van der Waals surface area contributed by atoms with Crippen molar-refractivity contribution in [2.45, 2.75) is 38.5 Å². The summed E-state index contributed by atoms with van der Waals surface area (Å²) < 4.78 is 2.31. The third-order valence-corrected chi connectivity index (χ3v) is 3.00. The molecule has 1 unspecified atom stereocenters. The lowest BCUT2D eigenvalue weighted by Gasteiger charge is -2.21. The standard InChI is InChI=1S/C9H14N4/c10-6-2-1-3-13-8-5-11-4-7(8)12-9(6)13/h6,11H,1-5,10H2. The van der Waals surface area contributed by atoms with E-state index in [1.54, 1.807) is 0 Å². The van der Waals surface area contributed by atoms with Crippen molar-refractivity contribution in [2.24, 2.45) is 5.73 Å². The zero-order valence-electron chi connectivity index (χ0n) is 7.58. The fraction of sp³-hybridized carbons (Fsp3) is 0.667. The Bertz CT molecular complexity index is 342. The molecule has 4 nitrogen and oxygen atoms in total. The van der Waals surface area contributed by atoms with Crippen LogP contribution < -0.4 is 11.1 Å². The maximum Gasteiger partial charge on any atom is 0.126 e. The molecule has 3 N–H and O–H groups in total. The summed E-state index contributed by atoms with van der Waals surface area (Å²) in [6.45, 7) is 2.99. The van der Waals surface area contributed by atoms with E-state index in [1.165, 1.54) is 17.8 Å². The molecule has 0 saturated carbocycles. The third-order valence-electron chi connectivity index (χ3n) is 3.00. The van der Waals surface area contributed by atoms with Crippen LogP contribution in [-0.2, 0) is 19.6 Å². The van der Waals surface area contributed by atoms with Crippen LogP contribution in [0.2, 0.25) is 0 Å². The van der Waals surface area contributed by atoms with Crippen molar-refractivity contribution in [3.63, 3.8) is 0 Å². The van der Waals surface area contributed by atoms with Crippen molar-refractivity contribution in [3.05, 3.63) is 17.2 Å². The first-order valence-corrected chi connectivity index (χ1v) is 4.91. The van der Waals surface area contributed by atoms with Crippen LogP contribution in [0.1, 0.15) is 36.1 Å². The zero-order valence-corrected chi connectivity index (χ0v) is 7.58. The summed E-state index contributed by atoms with van der Waals surface area (Å²) in [5.41, 5.74) is 8.58. The largest absolute Gasteiger partial charge is 0.329 e. The lowest BCUT2D eigenvalue weighted by Crippen LogP contribution is -2.24. The van der Waals surface area contributed by atoms with Gasteiger partial charge in [0.25, 0.3) is 0 Å². The van der Waals surface area contributed by atoms with Gasteiger partial charge in [-0.1, -0.05) is 0 Å². The monoisotopic (exact) mass is 178 g/mol. The van der Waals surface area contributed by atoms with Gasteiger partial charge < -0.3 is 15.6 Å². The number of nitrogens with one attached hydrogen (secondary N) is 1. The minimum atomic E-state index is 0.166. The molecule has 0 fully saturated rings. The molecule has 2 aliphatic rings. The average molecular weight is 178 g/mol. The van der Waals surface area contributed by atoms with Crippen molar-refractivity contribution >= 4 is 0 Å². The molecule has 0 radical (unpaired) electrons. The molecule has 0 bridgehead atoms. The molecule has 0 saturated heterocycles. The van der Waals surface area contributed by atoms with Crippen molar-refractivity contribution in [3.8, 4) is 0 Å². The zero-order chi connectivity index (χ0) is 8.84. The van der Waals surface area contributed by atoms with Gasteiger partial charge in [-0.25, -0.2) is 4.98 Å². The maximum absolute atomic E-state index is 6.00. The highest BCUT2D eigenvalue weighted by molar-refractivity contribution is 5.23. The van der Waals surface area contributed by atoms with E-state index in [9.17, 15) is 0 Å². The number of nitrogens with zero attached hydrogens (tertiary/aromatic N) is 2. The Morgan fingerprint density at radius 1 is 1.46 bits per heavy atom. The Labute approximate surface area is 77.1 Å². The van der Waals surface area contributed by atoms with Crippen LogP contribution in [0.25, 0.3) is 0 Å². The van der Waals surface area contributed by atoms with Gasteiger partial charge in [0.2, 0.25) is 0 Å². The van der Waals surface area contributed by atoms with Crippen molar-refractivity contribution < 1.29 is 0 Å². The quantitative estimate of drug-likeness (QED) is 0.600. The van der Waals surface area contributed by atoms with Gasteiger partial charge in [0, 0.05) is 19.6 Å². The third kappa shape index (κ3) is 0.957. The second-order valence-electron chi connectivity index (χ2n) is 3.87. The van der Waals surface area contributed by atoms with Gasteiger partial charge in [-0.05, 0) is 12.8 Å². The van der Waals surface area contributed by atoms with Crippen molar-refractivity contribution in [1.29, 1.82) is 0 Å². The summed E-state index contributed by atoms with van der Waals surface area (Å²) in [6, 6.07) is 0.166. The van der Waals surface area contributed by atoms with Gasteiger partial charge in [0.1, 0.15) is 5.82 Å². The van der Waals surface area contributed by atoms with Gasteiger partial charge in [-0.15, -0.1) is 0 Å². The molecule has 0 amide bonds. The molecule has 0 aliphatic carbocycles. The fourth-order valence-electron chi connectivity index (χ4n) is 2.33. The van der Waals surface area contributed by atoms with Crippen LogP contribution in [0.5, 0.6) is 0 Å². The summed E-state index contributed by atoms with van der Waals surface area (Å²) in [7, 11) is 0. The van der Waals surface area contributed by atoms with Crippen LogP contribution in [0.3, 0.4) is 0 Å². The predicted molar refractivity (Wildman–Crippen MR) is 48.9 cm³/mol. The second kappa shape index (κ2) is 2.56. The van der Waals surface area contributed by atoms with E-state index in [-0.39, 0.29) is 6.04 Å². The predicted octanol–water partition coefficient (Wildman–Crippen LogP) is 0.280. The highest BCUT2D eigenvalue weighted by Gasteiger charge is 2.26. The number of fused-ring (bicyclic) bond motifs is 3. The number of nitrogens with two attached hydrogens (primary N) is 1. The maximum atomic E-state index is 6.00. The first-order chi connectivity index (χ1) is 6.36. The molecule has 1 aromatic heterocycles. The van der Waals surface area contributed by atoms with Gasteiger partial charge in [0.05, 0.1) is 17.4 Å². The van der Waals surface area contributed by atoms with Crippen molar-refractivity contribution in [2.75, 3.05) is 0 Å². The highest BCUT2D eigenvalue weighted by Crippen LogP contribution is 2.27. The number of aromatic nitrogens is 2. The molecule has 0 aromatic carbocycles. The summed E-state index contributed by atoms with van der Waals surface area (Å²) in [5.74, 6) is 1.11. The summed E-state index contributed by atoms with van der Waals surface area (Å²) >= 11 is 0. The van der Waals surface area contributed by atoms with Crippen LogP contribution in [0.15, 0.2) is 0 Å². The SMILES string of the molecule is NC1CCCn2c1nc1c2CNC1. The first kappa shape index (κ1) is 7.53. The first-order valence-electron chi connectivity index (χ1n) is 4.91. The van der Waals surface area contributed by atoms with Crippen LogP contribution >= 0.6 is 0 Å². The normalized spacial score (nSPS) is 25.8. The smallest absolute Gasteiger partial charge is 0.126 e. The van der Waals surface area contributed by atoms with E-state index in [2.05, 4.69) is 14.9 Å². The van der Waals surface area contributed by atoms with E-state index in [4.69, 9.17) is 5.73 Å². The van der Waals surface area contributed by atoms with E-state index in [0.29, 0.717) is 0 Å². The molecule has 1 atom stereocenters. The number of imidazole rings is 1. The van der Waals surface area contributed by atoms with E-state index < -0.39 is 0 Å². The van der Waals surface area contributed by atoms with E-state index >= 15 is 0 Å². The van der Waals surface area contributed by atoms with Crippen LogP contribution in [0, 0.1) is 0 Å². The van der Waals surface area contributed by atoms with Crippen LogP contribution in [0.4, 0.5) is 0 Å². The lowest BCUT2D eigenvalue weighted by atomic mass is 10.1. The fourth-order valence-corrected chi connectivity index (χ4v) is 2.33. The second-order valence-corrected chi connectivity index (χ2v) is 3.87. The van der Waals surface area contributed by atoms with Gasteiger partial charge in [-0.2, -0.15) is 0 Å². The summed E-state index contributed by atoms with van der Waals surface area (Å²) in [5, 5.41) is 3.31. The number of hydrogen-bond acceptors (Lipinski definition) is 3. The van der Waals surface area contributed by atoms with Gasteiger partial charge >= 0.3 is 0 Å². The molecule has 0 spiro atoms. The minimum Gasteiger partial charge on any atom is -0.329 e. The summed E-state index contributed by atoms with van der Waals surface area (Å²) in [4.78, 5) is 4.59. The topological polar surface area (TPSA) is 55.9 Å². The average Bonchev–Trinajstić information content (AvgIpc) is 2.65. The van der Waals surface area contributed by atoms with Gasteiger partial charge in [0.15, 0.2) is 0 Å². The van der Waals surface area contributed by atoms with Gasteiger partial charge in [-0.3, -0.25) is 0 Å². The van der Waals surface area contributed by atoms with E-state index in [1.807, 2.05) is 0 Å². The number of rotatable bonds is 0. The highest BCUT2D eigenvalue weighted by atomic mass is 15.2. The Kier molecular flexibility index (Phi) is 1.48. The minimum absolute atomic E-state index is 0.166. The lowest BCUT2D eigenvalue weighted by molar-refractivity contribution is 0.439. The molecule has 2 aliphatic heterocycles. The van der Waals surface area contributed by atoms with Crippen molar-refractivity contribution in [1.82, 2.24) is 14.9 Å². The number of hydrogen-bond donors (Lipinski definition) is 2. The Balaban J connectivity index is 2.14. The molecule has 3 rings (SSSR count). The Hall–Kier alpha value is -0.870. The Morgan fingerprint density at radius 2 is 2.38 bits per heavy atom. The molecule has 3 heterocycles.